The third-order valence-electron chi connectivity index (χ3n) is 5.50. The number of likely N-dealkylation sites (tertiary alicyclic amines) is 1. The van der Waals surface area contributed by atoms with E-state index in [9.17, 15) is 23.3 Å². The lowest BCUT2D eigenvalue weighted by Gasteiger charge is -2.39. The van der Waals surface area contributed by atoms with E-state index in [-0.39, 0.29) is 29.5 Å². The molecule has 2 aliphatic heterocycles. The van der Waals surface area contributed by atoms with Crippen LogP contribution >= 0.6 is 0 Å². The number of nitrogens with zero attached hydrogens (tertiary/aromatic N) is 2. The first-order valence-corrected chi connectivity index (χ1v) is 10.5. The minimum Gasteiger partial charge on any atom is -0.343 e. The van der Waals surface area contributed by atoms with Gasteiger partial charge in [-0.25, -0.2) is 13.1 Å². The molecule has 0 bridgehead atoms. The average Bonchev–Trinajstić information content (AvgIpc) is 3.10. The zero-order chi connectivity index (χ0) is 19.5. The molecule has 0 radical (unpaired) electrons. The second-order valence-electron chi connectivity index (χ2n) is 7.21. The first kappa shape index (κ1) is 19.7. The fourth-order valence-electron chi connectivity index (χ4n) is 3.73. The normalized spacial score (nSPS) is 19.3. The summed E-state index contributed by atoms with van der Waals surface area (Å²) >= 11 is 0. The molecule has 2 aliphatic rings. The molecule has 27 heavy (non-hydrogen) atoms. The molecule has 9 nitrogen and oxygen atoms in total. The Labute approximate surface area is 158 Å². The van der Waals surface area contributed by atoms with E-state index in [1.165, 1.54) is 12.1 Å². The summed E-state index contributed by atoms with van der Waals surface area (Å²) in [5.41, 5.74) is 0.151. The fraction of sp³-hybridized carbons (Fsp3) is 0.588. The van der Waals surface area contributed by atoms with Gasteiger partial charge >= 0.3 is 0 Å². The highest BCUT2D eigenvalue weighted by Crippen LogP contribution is 2.36. The fourth-order valence-corrected chi connectivity index (χ4v) is 4.77. The summed E-state index contributed by atoms with van der Waals surface area (Å²) in [5.74, 6) is -0.0535. The molecule has 148 valence electrons. The molecular weight excluding hydrogens is 372 g/mol. The number of benzene rings is 1. The topological polar surface area (TPSA) is 122 Å². The Morgan fingerprint density at radius 1 is 1.22 bits per heavy atom. The van der Waals surface area contributed by atoms with Gasteiger partial charge in [-0.2, -0.15) is 0 Å². The van der Waals surface area contributed by atoms with Gasteiger partial charge in [-0.1, -0.05) is 0 Å². The minimum absolute atomic E-state index is 0.00134. The summed E-state index contributed by atoms with van der Waals surface area (Å²) in [5, 5.41) is 14.0. The van der Waals surface area contributed by atoms with Crippen molar-refractivity contribution in [3.8, 4) is 0 Å². The molecule has 2 N–H and O–H groups in total. The molecule has 10 heteroatoms. The van der Waals surface area contributed by atoms with Gasteiger partial charge < -0.3 is 10.2 Å². The summed E-state index contributed by atoms with van der Waals surface area (Å²) in [4.78, 5) is 24.1. The summed E-state index contributed by atoms with van der Waals surface area (Å²) in [6.45, 7) is 3.50. The Morgan fingerprint density at radius 2 is 1.89 bits per heavy atom. The van der Waals surface area contributed by atoms with Gasteiger partial charge in [0.15, 0.2) is 0 Å². The van der Waals surface area contributed by atoms with Crippen molar-refractivity contribution in [3.05, 3.63) is 34.4 Å². The maximum atomic E-state index is 12.3. The molecule has 0 atom stereocenters. The Bertz CT molecular complexity index is 793. The van der Waals surface area contributed by atoms with E-state index in [4.69, 9.17) is 0 Å². The van der Waals surface area contributed by atoms with Crippen molar-refractivity contribution < 1.29 is 18.1 Å². The van der Waals surface area contributed by atoms with Crippen LogP contribution < -0.4 is 10.0 Å². The van der Waals surface area contributed by atoms with Crippen molar-refractivity contribution in [2.24, 2.45) is 5.41 Å². The van der Waals surface area contributed by atoms with Crippen LogP contribution in [0, 0.1) is 15.5 Å². The highest BCUT2D eigenvalue weighted by molar-refractivity contribution is 7.89. The van der Waals surface area contributed by atoms with Gasteiger partial charge in [0, 0.05) is 44.7 Å². The van der Waals surface area contributed by atoms with Gasteiger partial charge in [0.05, 0.1) is 9.82 Å². The average molecular weight is 396 g/mol. The lowest BCUT2D eigenvalue weighted by molar-refractivity contribution is -0.384. The molecule has 0 saturated carbocycles. The summed E-state index contributed by atoms with van der Waals surface area (Å²) < 4.78 is 26.8. The number of carbonyl (C=O) groups is 1. The maximum absolute atomic E-state index is 12.3. The van der Waals surface area contributed by atoms with Crippen LogP contribution in [-0.2, 0) is 14.8 Å². The molecule has 0 aromatic heterocycles. The van der Waals surface area contributed by atoms with E-state index in [1.54, 1.807) is 0 Å². The van der Waals surface area contributed by atoms with Gasteiger partial charge in [-0.3, -0.25) is 14.9 Å². The number of sulfonamides is 1. The molecule has 0 aliphatic carbocycles. The van der Waals surface area contributed by atoms with Crippen LogP contribution in [0.15, 0.2) is 29.2 Å². The number of rotatable bonds is 6. The molecule has 3 rings (SSSR count). The van der Waals surface area contributed by atoms with Crippen molar-refractivity contribution >= 4 is 21.6 Å². The van der Waals surface area contributed by atoms with Gasteiger partial charge in [0.25, 0.3) is 5.69 Å². The van der Waals surface area contributed by atoms with Crippen LogP contribution in [0.3, 0.4) is 0 Å². The zero-order valence-corrected chi connectivity index (χ0v) is 15.8. The zero-order valence-electron chi connectivity index (χ0n) is 15.0. The molecule has 1 aromatic carbocycles. The Morgan fingerprint density at radius 3 is 2.44 bits per heavy atom. The third-order valence-corrected chi connectivity index (χ3v) is 6.97. The Balaban J connectivity index is 1.47. The van der Waals surface area contributed by atoms with Gasteiger partial charge in [-0.05, 0) is 43.4 Å². The lowest BCUT2D eigenvalue weighted by Crippen LogP contribution is -2.44. The minimum atomic E-state index is -3.80. The molecule has 1 spiro atoms. The smallest absolute Gasteiger partial charge is 0.269 e. The highest BCUT2D eigenvalue weighted by atomic mass is 32.2. The van der Waals surface area contributed by atoms with E-state index in [2.05, 4.69) is 10.0 Å². The molecule has 2 saturated heterocycles. The van der Waals surface area contributed by atoms with Crippen LogP contribution in [0.4, 0.5) is 5.69 Å². The van der Waals surface area contributed by atoms with E-state index < -0.39 is 14.9 Å². The molecule has 0 unspecified atom stereocenters. The molecular formula is C17H24N4O5S. The summed E-state index contributed by atoms with van der Waals surface area (Å²) in [7, 11) is -3.80. The first-order chi connectivity index (χ1) is 12.8. The maximum Gasteiger partial charge on any atom is 0.269 e. The Hall–Kier alpha value is -2.04. The number of nitro benzene ring substituents is 1. The predicted octanol–water partition coefficient (Wildman–Crippen LogP) is 0.865. The van der Waals surface area contributed by atoms with Gasteiger partial charge in [0.2, 0.25) is 15.9 Å². The van der Waals surface area contributed by atoms with Gasteiger partial charge in [0.1, 0.15) is 0 Å². The Kier molecular flexibility index (Phi) is 5.78. The number of piperidine rings is 1. The van der Waals surface area contributed by atoms with E-state index in [0.717, 1.165) is 57.6 Å². The molecule has 2 heterocycles. The van der Waals surface area contributed by atoms with Crippen LogP contribution in [0.5, 0.6) is 0 Å². The van der Waals surface area contributed by atoms with E-state index in [1.807, 2.05) is 4.90 Å². The van der Waals surface area contributed by atoms with Crippen molar-refractivity contribution in [1.82, 2.24) is 14.9 Å². The second kappa shape index (κ2) is 7.91. The van der Waals surface area contributed by atoms with E-state index >= 15 is 0 Å². The molecule has 1 aromatic rings. The number of hydrogen-bond donors (Lipinski definition) is 2. The number of amides is 1. The molecule has 1 amide bonds. The summed E-state index contributed by atoms with van der Waals surface area (Å²) in [6.07, 6.45) is 3.22. The monoisotopic (exact) mass is 396 g/mol. The van der Waals surface area contributed by atoms with Crippen LogP contribution in [0.2, 0.25) is 0 Å². The highest BCUT2D eigenvalue weighted by Gasteiger charge is 2.37. The van der Waals surface area contributed by atoms with Crippen LogP contribution in [-0.4, -0.2) is 56.9 Å². The van der Waals surface area contributed by atoms with Gasteiger partial charge in [-0.15, -0.1) is 0 Å². The van der Waals surface area contributed by atoms with E-state index in [0.29, 0.717) is 5.41 Å². The third kappa shape index (κ3) is 4.63. The first-order valence-electron chi connectivity index (χ1n) is 9.04. The van der Waals surface area contributed by atoms with Crippen LogP contribution in [0.25, 0.3) is 0 Å². The number of non-ortho nitro benzene ring substituents is 1. The van der Waals surface area contributed by atoms with Crippen LogP contribution in [0.1, 0.15) is 25.7 Å². The van der Waals surface area contributed by atoms with Crippen molar-refractivity contribution in [3.63, 3.8) is 0 Å². The predicted molar refractivity (Wildman–Crippen MR) is 98.6 cm³/mol. The number of carbonyl (C=O) groups excluding carboxylic acids is 1. The quantitative estimate of drug-likeness (QED) is 0.543. The number of nitro groups is 1. The lowest BCUT2D eigenvalue weighted by atomic mass is 9.78. The van der Waals surface area contributed by atoms with Crippen molar-refractivity contribution in [2.45, 2.75) is 30.6 Å². The largest absolute Gasteiger partial charge is 0.343 e. The standard InChI is InChI=1S/C17H24N4O5S/c22-16(20-11-7-17(8-12-20)6-10-18-13-17)5-9-19-27(25,26)15-3-1-14(2-4-15)21(23)24/h1-4,18-19H,5-13H2. The summed E-state index contributed by atoms with van der Waals surface area (Å²) in [6, 6.07) is 4.65. The van der Waals surface area contributed by atoms with Crippen molar-refractivity contribution in [1.29, 1.82) is 0 Å². The van der Waals surface area contributed by atoms with Crippen molar-refractivity contribution in [2.75, 3.05) is 32.7 Å². The number of hydrogen-bond acceptors (Lipinski definition) is 6. The second-order valence-corrected chi connectivity index (χ2v) is 8.97. The molecule has 2 fully saturated rings. The number of nitrogens with one attached hydrogen (secondary N) is 2. The SMILES string of the molecule is O=C(CCNS(=O)(=O)c1ccc([N+](=O)[O-])cc1)N1CCC2(CCNC2)CC1.